The summed E-state index contributed by atoms with van der Waals surface area (Å²) in [6.45, 7) is 2.94. The first-order valence-electron chi connectivity index (χ1n) is 6.21. The highest BCUT2D eigenvalue weighted by Crippen LogP contribution is 2.28. The Balaban J connectivity index is 2.03. The molecule has 0 radical (unpaired) electrons. The van der Waals surface area contributed by atoms with Gasteiger partial charge >= 0.3 is 11.9 Å². The molecule has 1 aliphatic rings. The van der Waals surface area contributed by atoms with E-state index >= 15 is 0 Å². The van der Waals surface area contributed by atoms with Gasteiger partial charge in [-0.1, -0.05) is 0 Å². The standard InChI is InChI=1S/C15H11FO4S/c1-15(2)19-13(17)10(14(18)20-15)5-8-6-11(16)9-3-4-21-12(9)7-8/h3-7H,1-2H3. The molecule has 0 amide bonds. The van der Waals surface area contributed by atoms with E-state index in [4.69, 9.17) is 9.47 Å². The van der Waals surface area contributed by atoms with Gasteiger partial charge in [0, 0.05) is 23.9 Å². The third kappa shape index (κ3) is 2.54. The minimum atomic E-state index is -1.28. The minimum absolute atomic E-state index is 0.246. The molecule has 21 heavy (non-hydrogen) atoms. The molecule has 0 unspecified atom stereocenters. The van der Waals surface area contributed by atoms with Crippen LogP contribution in [0.3, 0.4) is 0 Å². The van der Waals surface area contributed by atoms with Crippen LogP contribution in [0.5, 0.6) is 0 Å². The summed E-state index contributed by atoms with van der Waals surface area (Å²) in [6, 6.07) is 4.65. The van der Waals surface area contributed by atoms with Crippen LogP contribution in [-0.2, 0) is 19.1 Å². The van der Waals surface area contributed by atoms with Gasteiger partial charge in [-0.3, -0.25) is 0 Å². The largest absolute Gasteiger partial charge is 0.419 e. The summed E-state index contributed by atoms with van der Waals surface area (Å²) < 4.78 is 24.6. The Morgan fingerprint density at radius 2 is 1.86 bits per heavy atom. The Morgan fingerprint density at radius 3 is 2.52 bits per heavy atom. The minimum Gasteiger partial charge on any atom is -0.419 e. The van der Waals surface area contributed by atoms with Gasteiger partial charge in [-0.25, -0.2) is 14.0 Å². The number of fused-ring (bicyclic) bond motifs is 1. The predicted molar refractivity (Wildman–Crippen MR) is 76.0 cm³/mol. The first-order chi connectivity index (χ1) is 9.85. The number of hydrogen-bond donors (Lipinski definition) is 0. The van der Waals surface area contributed by atoms with Crippen LogP contribution in [-0.4, -0.2) is 17.7 Å². The van der Waals surface area contributed by atoms with Crippen LogP contribution in [0.1, 0.15) is 19.4 Å². The lowest BCUT2D eigenvalue weighted by molar-refractivity contribution is -0.222. The van der Waals surface area contributed by atoms with Crippen molar-refractivity contribution in [1.82, 2.24) is 0 Å². The average Bonchev–Trinajstić information content (AvgIpc) is 2.81. The van der Waals surface area contributed by atoms with Gasteiger partial charge in [-0.05, 0) is 35.2 Å². The Bertz CT molecular complexity index is 766. The molecule has 1 aromatic heterocycles. The second-order valence-corrected chi connectivity index (χ2v) is 6.02. The van der Waals surface area contributed by atoms with E-state index in [1.54, 1.807) is 17.5 Å². The zero-order valence-corrected chi connectivity index (χ0v) is 12.1. The lowest BCUT2D eigenvalue weighted by Gasteiger charge is -2.29. The van der Waals surface area contributed by atoms with Crippen LogP contribution in [0.25, 0.3) is 16.2 Å². The third-order valence-corrected chi connectivity index (χ3v) is 3.84. The van der Waals surface area contributed by atoms with E-state index in [9.17, 15) is 14.0 Å². The Hall–Kier alpha value is -2.21. The smallest absolute Gasteiger partial charge is 0.348 e. The summed E-state index contributed by atoms with van der Waals surface area (Å²) >= 11 is 1.38. The predicted octanol–water partition coefficient (Wildman–Crippen LogP) is 3.26. The molecular formula is C15H11FO4S. The van der Waals surface area contributed by atoms with Gasteiger partial charge in [-0.2, -0.15) is 0 Å². The molecule has 4 nitrogen and oxygen atoms in total. The van der Waals surface area contributed by atoms with E-state index in [1.165, 1.54) is 37.3 Å². The molecule has 1 aromatic carbocycles. The van der Waals surface area contributed by atoms with E-state index in [1.807, 2.05) is 0 Å². The molecular weight excluding hydrogens is 295 g/mol. The average molecular weight is 306 g/mol. The van der Waals surface area contributed by atoms with Crippen LogP contribution in [0, 0.1) is 5.82 Å². The Kier molecular flexibility index (Phi) is 3.06. The fraction of sp³-hybridized carbons (Fsp3) is 0.200. The molecule has 1 aliphatic heterocycles. The summed E-state index contributed by atoms with van der Waals surface area (Å²) in [6.07, 6.45) is 1.28. The van der Waals surface area contributed by atoms with Gasteiger partial charge < -0.3 is 9.47 Å². The van der Waals surface area contributed by atoms with Crippen molar-refractivity contribution in [3.8, 4) is 0 Å². The Labute approximate surface area is 123 Å². The highest BCUT2D eigenvalue weighted by atomic mass is 32.1. The zero-order valence-electron chi connectivity index (χ0n) is 11.3. The van der Waals surface area contributed by atoms with Crippen molar-refractivity contribution >= 4 is 39.4 Å². The number of esters is 2. The quantitative estimate of drug-likeness (QED) is 0.461. The maximum absolute atomic E-state index is 13.9. The first kappa shape index (κ1) is 13.8. The number of hydrogen-bond acceptors (Lipinski definition) is 5. The molecule has 0 aliphatic carbocycles. The lowest BCUT2D eigenvalue weighted by atomic mass is 10.1. The van der Waals surface area contributed by atoms with Crippen molar-refractivity contribution < 1.29 is 23.5 Å². The van der Waals surface area contributed by atoms with E-state index in [0.717, 1.165) is 4.70 Å². The number of rotatable bonds is 1. The molecule has 6 heteroatoms. The molecule has 0 saturated carbocycles. The summed E-state index contributed by atoms with van der Waals surface area (Å²) in [5, 5.41) is 2.29. The topological polar surface area (TPSA) is 52.6 Å². The van der Waals surface area contributed by atoms with Gasteiger partial charge in [0.25, 0.3) is 5.79 Å². The highest BCUT2D eigenvalue weighted by molar-refractivity contribution is 7.17. The van der Waals surface area contributed by atoms with Gasteiger partial charge in [0.2, 0.25) is 0 Å². The van der Waals surface area contributed by atoms with Gasteiger partial charge in [0.1, 0.15) is 11.4 Å². The molecule has 2 heterocycles. The first-order valence-corrected chi connectivity index (χ1v) is 7.09. The van der Waals surface area contributed by atoms with Crippen molar-refractivity contribution in [3.63, 3.8) is 0 Å². The van der Waals surface area contributed by atoms with E-state index in [0.29, 0.717) is 10.9 Å². The van der Waals surface area contributed by atoms with Crippen molar-refractivity contribution in [2.24, 2.45) is 0 Å². The summed E-state index contributed by atoms with van der Waals surface area (Å²) in [5.74, 6) is -3.24. The van der Waals surface area contributed by atoms with Gasteiger partial charge in [-0.15, -0.1) is 11.3 Å². The normalized spacial score (nSPS) is 17.6. The van der Waals surface area contributed by atoms with E-state index < -0.39 is 23.5 Å². The monoisotopic (exact) mass is 306 g/mol. The number of cyclic esters (lactones) is 2. The molecule has 2 aromatic rings. The third-order valence-electron chi connectivity index (χ3n) is 2.97. The van der Waals surface area contributed by atoms with Crippen LogP contribution in [0.2, 0.25) is 0 Å². The number of benzene rings is 1. The SMILES string of the molecule is CC1(C)OC(=O)C(=Cc2cc(F)c3ccsc3c2)C(=O)O1. The van der Waals surface area contributed by atoms with E-state index in [-0.39, 0.29) is 5.57 Å². The number of halogens is 1. The van der Waals surface area contributed by atoms with Crippen molar-refractivity contribution in [1.29, 1.82) is 0 Å². The van der Waals surface area contributed by atoms with E-state index in [2.05, 4.69) is 0 Å². The molecule has 3 rings (SSSR count). The fourth-order valence-corrected chi connectivity index (χ4v) is 2.92. The molecule has 0 bridgehead atoms. The summed E-state index contributed by atoms with van der Waals surface area (Å²) in [7, 11) is 0. The molecule has 0 N–H and O–H groups in total. The summed E-state index contributed by atoms with van der Waals surface area (Å²) in [5.41, 5.74) is 0.163. The highest BCUT2D eigenvalue weighted by Gasteiger charge is 2.38. The van der Waals surface area contributed by atoms with Crippen LogP contribution >= 0.6 is 11.3 Å². The Morgan fingerprint density at radius 1 is 1.19 bits per heavy atom. The van der Waals surface area contributed by atoms with Crippen LogP contribution < -0.4 is 0 Å². The summed E-state index contributed by atoms with van der Waals surface area (Å²) in [4.78, 5) is 23.7. The maximum Gasteiger partial charge on any atom is 0.348 e. The molecule has 108 valence electrons. The number of ether oxygens (including phenoxy) is 2. The molecule has 0 spiro atoms. The number of carbonyl (C=O) groups is 2. The van der Waals surface area contributed by atoms with Crippen molar-refractivity contribution in [2.45, 2.75) is 19.6 Å². The van der Waals surface area contributed by atoms with Crippen LogP contribution in [0.15, 0.2) is 29.2 Å². The fourth-order valence-electron chi connectivity index (χ4n) is 2.08. The number of thiophene rings is 1. The second-order valence-electron chi connectivity index (χ2n) is 5.07. The van der Waals surface area contributed by atoms with Crippen molar-refractivity contribution in [2.75, 3.05) is 0 Å². The maximum atomic E-state index is 13.9. The van der Waals surface area contributed by atoms with Crippen molar-refractivity contribution in [3.05, 3.63) is 40.5 Å². The number of carbonyl (C=O) groups excluding carboxylic acids is 2. The lowest BCUT2D eigenvalue weighted by Crippen LogP contribution is -2.41. The van der Waals surface area contributed by atoms with Gasteiger partial charge in [0.15, 0.2) is 0 Å². The molecule has 0 atom stereocenters. The van der Waals surface area contributed by atoms with Gasteiger partial charge in [0.05, 0.1) is 0 Å². The zero-order chi connectivity index (χ0) is 15.2. The second kappa shape index (κ2) is 4.66. The molecule has 1 saturated heterocycles. The molecule has 1 fully saturated rings. The van der Waals surface area contributed by atoms with Crippen LogP contribution in [0.4, 0.5) is 4.39 Å².